The van der Waals surface area contributed by atoms with Crippen LogP contribution in [-0.4, -0.2) is 17.1 Å². The Kier molecular flexibility index (Phi) is 4.59. The average Bonchev–Trinajstić information content (AvgIpc) is 2.39. The molecular formula is C16H23NO2. The molecule has 0 radical (unpaired) electrons. The van der Waals surface area contributed by atoms with Gasteiger partial charge in [0, 0.05) is 6.04 Å². The summed E-state index contributed by atoms with van der Waals surface area (Å²) in [5.74, 6) is -0.265. The van der Waals surface area contributed by atoms with Crippen molar-refractivity contribution in [2.45, 2.75) is 58.1 Å². The van der Waals surface area contributed by atoms with Crippen molar-refractivity contribution in [1.82, 2.24) is 5.32 Å². The fourth-order valence-electron chi connectivity index (χ4n) is 2.80. The number of aryl methyl sites for hydroxylation is 2. The molecule has 1 saturated carbocycles. The second-order valence-corrected chi connectivity index (χ2v) is 5.61. The summed E-state index contributed by atoms with van der Waals surface area (Å²) < 4.78 is 0. The molecule has 1 fully saturated rings. The summed E-state index contributed by atoms with van der Waals surface area (Å²) in [5.41, 5.74) is 2.81. The van der Waals surface area contributed by atoms with Crippen LogP contribution in [-0.2, 0) is 4.79 Å². The molecule has 1 unspecified atom stereocenters. The second-order valence-electron chi connectivity index (χ2n) is 5.61. The zero-order valence-corrected chi connectivity index (χ0v) is 11.8. The largest absolute Gasteiger partial charge is 0.378 e. The normalized spacial score (nSPS) is 18.1. The Bertz CT molecular complexity index is 450. The Labute approximate surface area is 115 Å². The Morgan fingerprint density at radius 1 is 1.26 bits per heavy atom. The first kappa shape index (κ1) is 14.1. The van der Waals surface area contributed by atoms with Gasteiger partial charge in [0.05, 0.1) is 0 Å². The number of carbonyl (C=O) groups excluding carboxylic acids is 1. The highest BCUT2D eigenvalue weighted by molar-refractivity contribution is 5.82. The van der Waals surface area contributed by atoms with Crippen molar-refractivity contribution in [3.8, 4) is 0 Å². The van der Waals surface area contributed by atoms with E-state index in [9.17, 15) is 9.90 Å². The molecule has 1 aromatic carbocycles. The van der Waals surface area contributed by atoms with Gasteiger partial charge < -0.3 is 10.4 Å². The molecule has 1 aliphatic rings. The molecule has 0 saturated heterocycles. The predicted molar refractivity (Wildman–Crippen MR) is 75.9 cm³/mol. The van der Waals surface area contributed by atoms with E-state index >= 15 is 0 Å². The Morgan fingerprint density at radius 3 is 2.58 bits per heavy atom. The maximum absolute atomic E-state index is 12.1. The molecule has 0 aromatic heterocycles. The lowest BCUT2D eigenvalue weighted by Crippen LogP contribution is -2.39. The van der Waals surface area contributed by atoms with Crippen molar-refractivity contribution in [3.63, 3.8) is 0 Å². The lowest BCUT2D eigenvalue weighted by Gasteiger charge is -2.24. The summed E-state index contributed by atoms with van der Waals surface area (Å²) in [6.07, 6.45) is 4.61. The topological polar surface area (TPSA) is 49.3 Å². The number of hydrogen-bond acceptors (Lipinski definition) is 2. The van der Waals surface area contributed by atoms with Crippen LogP contribution in [0.5, 0.6) is 0 Å². The van der Waals surface area contributed by atoms with Crippen LogP contribution in [0.2, 0.25) is 0 Å². The van der Waals surface area contributed by atoms with Crippen molar-refractivity contribution in [2.75, 3.05) is 0 Å². The molecule has 1 aliphatic carbocycles. The number of nitrogens with one attached hydrogen (secondary N) is 1. The Morgan fingerprint density at radius 2 is 1.95 bits per heavy atom. The van der Waals surface area contributed by atoms with Crippen LogP contribution >= 0.6 is 0 Å². The molecule has 1 atom stereocenters. The van der Waals surface area contributed by atoms with Crippen LogP contribution in [0.25, 0.3) is 0 Å². The lowest BCUT2D eigenvalue weighted by molar-refractivity contribution is -0.130. The summed E-state index contributed by atoms with van der Waals surface area (Å²) in [6.45, 7) is 3.94. The van der Waals surface area contributed by atoms with Gasteiger partial charge in [-0.05, 0) is 37.8 Å². The van der Waals surface area contributed by atoms with E-state index in [-0.39, 0.29) is 11.9 Å². The molecule has 104 valence electrons. The number of amides is 1. The molecule has 0 aliphatic heterocycles. The molecule has 0 spiro atoms. The number of aliphatic hydroxyl groups excluding tert-OH is 1. The van der Waals surface area contributed by atoms with E-state index < -0.39 is 6.10 Å². The molecule has 2 N–H and O–H groups in total. The first-order chi connectivity index (χ1) is 9.08. The van der Waals surface area contributed by atoms with Crippen molar-refractivity contribution in [2.24, 2.45) is 0 Å². The van der Waals surface area contributed by atoms with Gasteiger partial charge >= 0.3 is 0 Å². The smallest absolute Gasteiger partial charge is 0.253 e. The zero-order chi connectivity index (χ0) is 13.8. The van der Waals surface area contributed by atoms with E-state index in [1.807, 2.05) is 32.0 Å². The summed E-state index contributed by atoms with van der Waals surface area (Å²) in [7, 11) is 0. The van der Waals surface area contributed by atoms with Gasteiger partial charge in [-0.3, -0.25) is 4.79 Å². The minimum atomic E-state index is -1.05. The van der Waals surface area contributed by atoms with E-state index in [1.165, 1.54) is 19.3 Å². The van der Waals surface area contributed by atoms with Gasteiger partial charge in [-0.25, -0.2) is 0 Å². The fraction of sp³-hybridized carbons (Fsp3) is 0.562. The molecule has 0 bridgehead atoms. The van der Waals surface area contributed by atoms with E-state index in [0.29, 0.717) is 5.56 Å². The maximum Gasteiger partial charge on any atom is 0.253 e. The van der Waals surface area contributed by atoms with Crippen LogP contribution in [0.1, 0.15) is 54.9 Å². The standard InChI is InChI=1S/C16H23NO2/c1-11-8-9-14(12(2)10-11)15(18)16(19)17-13-6-4-3-5-7-13/h8-10,13,15,18H,3-7H2,1-2H3,(H,17,19). The van der Waals surface area contributed by atoms with Gasteiger partial charge in [-0.1, -0.05) is 43.0 Å². The molecule has 1 amide bonds. The SMILES string of the molecule is Cc1ccc(C(O)C(=O)NC2CCCCC2)c(C)c1. The van der Waals surface area contributed by atoms with Gasteiger partial charge in [0.25, 0.3) is 5.91 Å². The minimum Gasteiger partial charge on any atom is -0.378 e. The number of rotatable bonds is 3. The van der Waals surface area contributed by atoms with Crippen LogP contribution in [0.4, 0.5) is 0 Å². The highest BCUT2D eigenvalue weighted by Gasteiger charge is 2.23. The van der Waals surface area contributed by atoms with Crippen molar-refractivity contribution in [3.05, 3.63) is 34.9 Å². The molecule has 1 aromatic rings. The summed E-state index contributed by atoms with van der Waals surface area (Å²) in [5, 5.41) is 13.1. The number of benzene rings is 1. The third kappa shape index (κ3) is 3.57. The highest BCUT2D eigenvalue weighted by atomic mass is 16.3. The fourth-order valence-corrected chi connectivity index (χ4v) is 2.80. The van der Waals surface area contributed by atoms with Gasteiger partial charge in [-0.15, -0.1) is 0 Å². The highest BCUT2D eigenvalue weighted by Crippen LogP contribution is 2.21. The monoisotopic (exact) mass is 261 g/mol. The van der Waals surface area contributed by atoms with E-state index in [0.717, 1.165) is 24.0 Å². The van der Waals surface area contributed by atoms with Crippen molar-refractivity contribution < 1.29 is 9.90 Å². The maximum atomic E-state index is 12.1. The summed E-state index contributed by atoms with van der Waals surface area (Å²) >= 11 is 0. The number of aliphatic hydroxyl groups is 1. The van der Waals surface area contributed by atoms with Crippen LogP contribution in [0.15, 0.2) is 18.2 Å². The van der Waals surface area contributed by atoms with Crippen molar-refractivity contribution in [1.29, 1.82) is 0 Å². The van der Waals surface area contributed by atoms with Crippen molar-refractivity contribution >= 4 is 5.91 Å². The molecule has 19 heavy (non-hydrogen) atoms. The summed E-state index contributed by atoms with van der Waals surface area (Å²) in [6, 6.07) is 6.00. The molecule has 2 rings (SSSR count). The third-order valence-electron chi connectivity index (χ3n) is 3.92. The van der Waals surface area contributed by atoms with Crippen LogP contribution in [0, 0.1) is 13.8 Å². The van der Waals surface area contributed by atoms with Gasteiger partial charge in [-0.2, -0.15) is 0 Å². The molecule has 0 heterocycles. The average molecular weight is 261 g/mol. The lowest BCUT2D eigenvalue weighted by atomic mass is 9.94. The second kappa shape index (κ2) is 6.20. The van der Waals surface area contributed by atoms with Gasteiger partial charge in [0.2, 0.25) is 0 Å². The minimum absolute atomic E-state index is 0.238. The van der Waals surface area contributed by atoms with E-state index in [1.54, 1.807) is 0 Å². The molecule has 3 heteroatoms. The van der Waals surface area contributed by atoms with Gasteiger partial charge in [0.15, 0.2) is 6.10 Å². The first-order valence-electron chi connectivity index (χ1n) is 7.13. The molecule has 3 nitrogen and oxygen atoms in total. The quantitative estimate of drug-likeness (QED) is 0.879. The zero-order valence-electron chi connectivity index (χ0n) is 11.8. The first-order valence-corrected chi connectivity index (χ1v) is 7.13. The van der Waals surface area contributed by atoms with E-state index in [2.05, 4.69) is 5.32 Å². The van der Waals surface area contributed by atoms with E-state index in [4.69, 9.17) is 0 Å². The Balaban J connectivity index is 2.01. The van der Waals surface area contributed by atoms with Crippen LogP contribution < -0.4 is 5.32 Å². The molecular weight excluding hydrogens is 238 g/mol. The summed E-state index contributed by atoms with van der Waals surface area (Å²) in [4.78, 5) is 12.1. The Hall–Kier alpha value is -1.35. The predicted octanol–water partition coefficient (Wildman–Crippen LogP) is 2.79. The van der Waals surface area contributed by atoms with Crippen LogP contribution in [0.3, 0.4) is 0 Å². The third-order valence-corrected chi connectivity index (χ3v) is 3.92. The van der Waals surface area contributed by atoms with Gasteiger partial charge in [0.1, 0.15) is 0 Å². The number of hydrogen-bond donors (Lipinski definition) is 2. The number of carbonyl (C=O) groups is 1.